The normalized spacial score (nSPS) is 19.3. The molecule has 0 aromatic heterocycles. The van der Waals surface area contributed by atoms with E-state index in [2.05, 4.69) is 34.9 Å². The minimum atomic E-state index is 1.22. The van der Waals surface area contributed by atoms with E-state index in [1.54, 1.807) is 0 Å². The monoisotopic (exact) mass is 158 g/mol. The van der Waals surface area contributed by atoms with Gasteiger partial charge in [0.1, 0.15) is 0 Å². The first kappa shape index (κ1) is 6.98. The fourth-order valence-electron chi connectivity index (χ4n) is 1.16. The van der Waals surface area contributed by atoms with Crippen molar-refractivity contribution in [3.05, 3.63) is 60.3 Å². The quantitative estimate of drug-likeness (QED) is 0.559. The van der Waals surface area contributed by atoms with Crippen molar-refractivity contribution in [3.63, 3.8) is 0 Å². The topological polar surface area (TPSA) is 24.1 Å². The van der Waals surface area contributed by atoms with Gasteiger partial charge >= 0.3 is 0 Å². The highest BCUT2D eigenvalue weighted by Gasteiger charge is 1.98. The lowest BCUT2D eigenvalue weighted by Crippen LogP contribution is -2.01. The molecule has 0 radical (unpaired) electrons. The molecule has 12 heavy (non-hydrogen) atoms. The Morgan fingerprint density at radius 2 is 0.917 bits per heavy atom. The Balaban J connectivity index is 2.34. The smallest absolute Gasteiger partial charge is 0.00106 e. The first-order valence-electron chi connectivity index (χ1n) is 3.89. The second-order valence-electron chi connectivity index (χ2n) is 2.58. The molecule has 0 atom stereocenters. The van der Waals surface area contributed by atoms with Crippen LogP contribution in [0.25, 0.3) is 0 Å². The second-order valence-corrected chi connectivity index (χ2v) is 2.58. The minimum Gasteiger partial charge on any atom is -0.368 e. The van der Waals surface area contributed by atoms with E-state index in [9.17, 15) is 0 Å². The van der Waals surface area contributed by atoms with E-state index in [0.717, 1.165) is 0 Å². The molecule has 2 rings (SSSR count). The molecule has 0 aromatic rings. The molecule has 2 aliphatic heterocycles. The van der Waals surface area contributed by atoms with E-state index in [-0.39, 0.29) is 0 Å². The molecular formula is C10H10N2. The molecule has 0 aliphatic carbocycles. The van der Waals surface area contributed by atoms with Crippen molar-refractivity contribution in [3.8, 4) is 0 Å². The van der Waals surface area contributed by atoms with Crippen molar-refractivity contribution in [2.24, 2.45) is 0 Å². The van der Waals surface area contributed by atoms with E-state index in [0.29, 0.717) is 0 Å². The van der Waals surface area contributed by atoms with E-state index in [1.165, 1.54) is 11.1 Å². The highest BCUT2D eigenvalue weighted by atomic mass is 14.8. The summed E-state index contributed by atoms with van der Waals surface area (Å²) in [7, 11) is 0. The molecule has 2 aliphatic rings. The maximum Gasteiger partial charge on any atom is 0.00106 e. The molecule has 2 heteroatoms. The maximum atomic E-state index is 2.99. The van der Waals surface area contributed by atoms with Crippen molar-refractivity contribution in [1.82, 2.24) is 10.6 Å². The zero-order valence-electron chi connectivity index (χ0n) is 6.62. The van der Waals surface area contributed by atoms with Crippen LogP contribution in [-0.4, -0.2) is 0 Å². The molecule has 0 spiro atoms. The summed E-state index contributed by atoms with van der Waals surface area (Å²) in [5, 5.41) is 5.99. The van der Waals surface area contributed by atoms with Gasteiger partial charge in [0.05, 0.1) is 0 Å². The number of rotatable bonds is 0. The zero-order valence-corrected chi connectivity index (χ0v) is 6.62. The van der Waals surface area contributed by atoms with Crippen molar-refractivity contribution in [1.29, 1.82) is 0 Å². The molecule has 0 aromatic carbocycles. The Kier molecular flexibility index (Phi) is 1.82. The van der Waals surface area contributed by atoms with Gasteiger partial charge in [-0.25, -0.2) is 0 Å². The zero-order chi connectivity index (χ0) is 8.23. The first-order valence-corrected chi connectivity index (χ1v) is 3.89. The van der Waals surface area contributed by atoms with Gasteiger partial charge in [0.2, 0.25) is 0 Å². The van der Waals surface area contributed by atoms with Gasteiger partial charge in [0, 0.05) is 24.8 Å². The summed E-state index contributed by atoms with van der Waals surface area (Å²) in [5.74, 6) is 0. The van der Waals surface area contributed by atoms with Crippen LogP contribution in [0.1, 0.15) is 0 Å². The number of nitrogens with one attached hydrogen (secondary N) is 2. The number of hydrogen-bond acceptors (Lipinski definition) is 2. The molecule has 0 bridgehead atoms. The van der Waals surface area contributed by atoms with Crippen LogP contribution >= 0.6 is 0 Å². The lowest BCUT2D eigenvalue weighted by atomic mass is 10.1. The highest BCUT2D eigenvalue weighted by molar-refractivity contribution is 5.48. The molecule has 0 saturated heterocycles. The number of hydrogen-bond donors (Lipinski definition) is 2. The molecule has 2 N–H and O–H groups in total. The van der Waals surface area contributed by atoms with Crippen LogP contribution in [0.5, 0.6) is 0 Å². The van der Waals surface area contributed by atoms with Crippen LogP contribution in [0.15, 0.2) is 60.3 Å². The molecule has 60 valence electrons. The maximum absolute atomic E-state index is 2.99. The standard InChI is InChI=1S/C10H10N2/c1-5-11-6-2-9(1)10-3-7-12-8-4-10/h1-8,11-12H. The van der Waals surface area contributed by atoms with E-state index in [1.807, 2.05) is 24.8 Å². The number of dihydropyridines is 2. The van der Waals surface area contributed by atoms with Crippen LogP contribution in [0.2, 0.25) is 0 Å². The molecule has 2 nitrogen and oxygen atoms in total. The Morgan fingerprint density at radius 3 is 1.25 bits per heavy atom. The Morgan fingerprint density at radius 1 is 0.583 bits per heavy atom. The van der Waals surface area contributed by atoms with E-state index in [4.69, 9.17) is 0 Å². The summed E-state index contributed by atoms with van der Waals surface area (Å²) in [6, 6.07) is 0. The predicted octanol–water partition coefficient (Wildman–Crippen LogP) is 1.54. The third-order valence-electron chi connectivity index (χ3n) is 1.77. The van der Waals surface area contributed by atoms with Crippen molar-refractivity contribution in [2.75, 3.05) is 0 Å². The lowest BCUT2D eigenvalue weighted by Gasteiger charge is -2.07. The fourth-order valence-corrected chi connectivity index (χ4v) is 1.16. The summed E-state index contributed by atoms with van der Waals surface area (Å²) in [4.78, 5) is 0. The van der Waals surface area contributed by atoms with Gasteiger partial charge in [-0.2, -0.15) is 0 Å². The van der Waals surface area contributed by atoms with Crippen LogP contribution < -0.4 is 10.6 Å². The number of allylic oxidation sites excluding steroid dienone is 6. The van der Waals surface area contributed by atoms with Gasteiger partial charge in [0.15, 0.2) is 0 Å². The third kappa shape index (κ3) is 1.32. The van der Waals surface area contributed by atoms with E-state index >= 15 is 0 Å². The molecule has 0 amide bonds. The van der Waals surface area contributed by atoms with Crippen LogP contribution in [0.3, 0.4) is 0 Å². The molecule has 0 unspecified atom stereocenters. The SMILES string of the molecule is C1=CC(=C2C=CNC=C2)C=CN1. The second kappa shape index (κ2) is 3.13. The first-order chi connectivity index (χ1) is 5.97. The van der Waals surface area contributed by atoms with Crippen LogP contribution in [0, 0.1) is 0 Å². The van der Waals surface area contributed by atoms with Crippen LogP contribution in [0.4, 0.5) is 0 Å². The van der Waals surface area contributed by atoms with Gasteiger partial charge in [0.25, 0.3) is 0 Å². The third-order valence-corrected chi connectivity index (χ3v) is 1.77. The highest BCUT2D eigenvalue weighted by Crippen LogP contribution is 2.14. The van der Waals surface area contributed by atoms with Gasteiger partial charge in [-0.05, 0) is 35.5 Å². The van der Waals surface area contributed by atoms with Crippen molar-refractivity contribution >= 4 is 0 Å². The minimum absolute atomic E-state index is 1.22. The van der Waals surface area contributed by atoms with Crippen molar-refractivity contribution < 1.29 is 0 Å². The van der Waals surface area contributed by atoms with Gasteiger partial charge in [-0.1, -0.05) is 0 Å². The molecule has 2 heterocycles. The molecule has 0 fully saturated rings. The summed E-state index contributed by atoms with van der Waals surface area (Å²) in [5.41, 5.74) is 2.45. The summed E-state index contributed by atoms with van der Waals surface area (Å²) < 4.78 is 0. The van der Waals surface area contributed by atoms with Crippen LogP contribution in [-0.2, 0) is 0 Å². The summed E-state index contributed by atoms with van der Waals surface area (Å²) in [6.07, 6.45) is 15.9. The van der Waals surface area contributed by atoms with Gasteiger partial charge in [-0.15, -0.1) is 0 Å². The largest absolute Gasteiger partial charge is 0.368 e. The van der Waals surface area contributed by atoms with Gasteiger partial charge in [-0.3, -0.25) is 0 Å². The Bertz CT molecular complexity index is 257. The predicted molar refractivity (Wildman–Crippen MR) is 49.9 cm³/mol. The van der Waals surface area contributed by atoms with Crippen molar-refractivity contribution in [2.45, 2.75) is 0 Å². The summed E-state index contributed by atoms with van der Waals surface area (Å²) in [6.45, 7) is 0. The molecular weight excluding hydrogens is 148 g/mol. The molecule has 0 saturated carbocycles. The van der Waals surface area contributed by atoms with E-state index < -0.39 is 0 Å². The van der Waals surface area contributed by atoms with Gasteiger partial charge < -0.3 is 10.6 Å². The average Bonchev–Trinajstić information content (AvgIpc) is 2.21. The fraction of sp³-hybridized carbons (Fsp3) is 0. The lowest BCUT2D eigenvalue weighted by molar-refractivity contribution is 1.14. The summed E-state index contributed by atoms with van der Waals surface area (Å²) >= 11 is 0. The Hall–Kier alpha value is -1.70. The average molecular weight is 158 g/mol. The Labute approximate surface area is 71.7 Å².